The quantitative estimate of drug-likeness (QED) is 0.763. The van der Waals surface area contributed by atoms with E-state index < -0.39 is 0 Å². The second-order valence-corrected chi connectivity index (χ2v) is 6.91. The van der Waals surface area contributed by atoms with Crippen LogP contribution < -0.4 is 10.2 Å². The second-order valence-electron chi connectivity index (χ2n) is 5.65. The number of anilines is 2. The van der Waals surface area contributed by atoms with Gasteiger partial charge in [0.15, 0.2) is 0 Å². The minimum atomic E-state index is -0.153. The summed E-state index contributed by atoms with van der Waals surface area (Å²) in [4.78, 5) is 14.6. The third-order valence-electron chi connectivity index (χ3n) is 4.02. The fraction of sp³-hybridized carbons (Fsp3) is 0.278. The van der Waals surface area contributed by atoms with Crippen LogP contribution in [0.2, 0.25) is 5.02 Å². The maximum atomic E-state index is 12.3. The number of piperidine rings is 1. The van der Waals surface area contributed by atoms with Crippen LogP contribution in [-0.2, 0) is 0 Å². The summed E-state index contributed by atoms with van der Waals surface area (Å²) in [5.41, 5.74) is 2.35. The topological polar surface area (TPSA) is 32.3 Å². The molecule has 1 aliphatic rings. The van der Waals surface area contributed by atoms with Gasteiger partial charge in [0.2, 0.25) is 0 Å². The first-order chi connectivity index (χ1) is 11.1. The molecule has 0 unspecified atom stereocenters. The molecule has 0 radical (unpaired) electrons. The van der Waals surface area contributed by atoms with Crippen molar-refractivity contribution in [3.63, 3.8) is 0 Å². The molecule has 2 aromatic rings. The largest absolute Gasteiger partial charge is 0.370 e. The Bertz CT molecular complexity index is 714. The van der Waals surface area contributed by atoms with Crippen molar-refractivity contribution in [3.8, 4) is 0 Å². The highest BCUT2D eigenvalue weighted by molar-refractivity contribution is 9.10. The lowest BCUT2D eigenvalue weighted by Gasteiger charge is -2.29. The fourth-order valence-corrected chi connectivity index (χ4v) is 3.58. The molecule has 0 spiro atoms. The lowest BCUT2D eigenvalue weighted by Crippen LogP contribution is -2.29. The van der Waals surface area contributed by atoms with Crippen molar-refractivity contribution in [2.45, 2.75) is 19.3 Å². The molecule has 3 nitrogen and oxygen atoms in total. The van der Waals surface area contributed by atoms with Gasteiger partial charge in [0, 0.05) is 23.2 Å². The summed E-state index contributed by atoms with van der Waals surface area (Å²) in [6.07, 6.45) is 3.70. The number of benzene rings is 2. The SMILES string of the molecule is O=C(Nc1ccc(N2CCCCC2)c(Cl)c1)c1ccccc1Br. The summed E-state index contributed by atoms with van der Waals surface area (Å²) in [5.74, 6) is -0.153. The Hall–Kier alpha value is -1.52. The van der Waals surface area contributed by atoms with Crippen LogP contribution in [-0.4, -0.2) is 19.0 Å². The van der Waals surface area contributed by atoms with E-state index in [2.05, 4.69) is 26.1 Å². The minimum absolute atomic E-state index is 0.153. The molecule has 1 aliphatic heterocycles. The number of rotatable bonds is 3. The first-order valence-corrected chi connectivity index (χ1v) is 8.92. The molecule has 120 valence electrons. The molecule has 0 saturated carbocycles. The molecule has 1 fully saturated rings. The second kappa shape index (κ2) is 7.37. The number of carbonyl (C=O) groups is 1. The van der Waals surface area contributed by atoms with Crippen LogP contribution in [0.1, 0.15) is 29.6 Å². The Labute approximate surface area is 149 Å². The van der Waals surface area contributed by atoms with Crippen molar-refractivity contribution in [3.05, 3.63) is 57.5 Å². The maximum Gasteiger partial charge on any atom is 0.256 e. The first kappa shape index (κ1) is 16.3. The molecule has 1 amide bonds. The monoisotopic (exact) mass is 392 g/mol. The van der Waals surface area contributed by atoms with Crippen LogP contribution in [0.15, 0.2) is 46.9 Å². The molecule has 1 N–H and O–H groups in total. The number of amides is 1. The molecule has 0 atom stereocenters. The number of nitrogens with zero attached hydrogens (tertiary/aromatic N) is 1. The van der Waals surface area contributed by atoms with Crippen molar-refractivity contribution in [2.24, 2.45) is 0 Å². The summed E-state index contributed by atoms with van der Waals surface area (Å²) in [7, 11) is 0. The fourth-order valence-electron chi connectivity index (χ4n) is 2.82. The van der Waals surface area contributed by atoms with Gasteiger partial charge in [-0.2, -0.15) is 0 Å². The number of nitrogens with one attached hydrogen (secondary N) is 1. The summed E-state index contributed by atoms with van der Waals surface area (Å²) in [5, 5.41) is 3.58. The Balaban J connectivity index is 1.75. The minimum Gasteiger partial charge on any atom is -0.370 e. The average Bonchev–Trinajstić information content (AvgIpc) is 2.56. The lowest BCUT2D eigenvalue weighted by atomic mass is 10.1. The molecule has 5 heteroatoms. The van der Waals surface area contributed by atoms with Gasteiger partial charge >= 0.3 is 0 Å². The zero-order valence-electron chi connectivity index (χ0n) is 12.7. The number of hydrogen-bond donors (Lipinski definition) is 1. The number of halogens is 2. The van der Waals surface area contributed by atoms with E-state index in [9.17, 15) is 4.79 Å². The Kier molecular flexibility index (Phi) is 5.23. The standard InChI is InChI=1S/C18H18BrClN2O/c19-15-7-3-2-6-14(15)18(23)21-13-8-9-17(16(20)12-13)22-10-4-1-5-11-22/h2-3,6-9,12H,1,4-5,10-11H2,(H,21,23). The maximum absolute atomic E-state index is 12.3. The van der Waals surface area contributed by atoms with Gasteiger partial charge < -0.3 is 10.2 Å². The van der Waals surface area contributed by atoms with E-state index in [-0.39, 0.29) is 5.91 Å². The van der Waals surface area contributed by atoms with Crippen molar-refractivity contribution in [2.75, 3.05) is 23.3 Å². The van der Waals surface area contributed by atoms with Crippen LogP contribution in [0.3, 0.4) is 0 Å². The van der Waals surface area contributed by atoms with Crippen LogP contribution in [0.5, 0.6) is 0 Å². The van der Waals surface area contributed by atoms with Crippen molar-refractivity contribution >= 4 is 44.8 Å². The number of carbonyl (C=O) groups excluding carboxylic acids is 1. The predicted molar refractivity (Wildman–Crippen MR) is 99.6 cm³/mol. The van der Waals surface area contributed by atoms with Crippen molar-refractivity contribution < 1.29 is 4.79 Å². The van der Waals surface area contributed by atoms with Crippen molar-refractivity contribution in [1.29, 1.82) is 0 Å². The van der Waals surface area contributed by atoms with E-state index >= 15 is 0 Å². The predicted octanol–water partition coefficient (Wildman–Crippen LogP) is 5.35. The van der Waals surface area contributed by atoms with Gasteiger partial charge in [-0.05, 0) is 65.5 Å². The normalized spacial score (nSPS) is 14.6. The van der Waals surface area contributed by atoms with Crippen LogP contribution in [0.25, 0.3) is 0 Å². The number of hydrogen-bond acceptors (Lipinski definition) is 2. The van der Waals surface area contributed by atoms with Crippen LogP contribution in [0.4, 0.5) is 11.4 Å². The Morgan fingerprint density at radius 3 is 2.52 bits per heavy atom. The molecular weight excluding hydrogens is 376 g/mol. The van der Waals surface area contributed by atoms with Gasteiger partial charge in [-0.3, -0.25) is 4.79 Å². The molecule has 23 heavy (non-hydrogen) atoms. The zero-order valence-corrected chi connectivity index (χ0v) is 15.0. The zero-order chi connectivity index (χ0) is 16.2. The average molecular weight is 394 g/mol. The molecule has 0 bridgehead atoms. The Morgan fingerprint density at radius 2 is 1.83 bits per heavy atom. The van der Waals surface area contributed by atoms with Crippen molar-refractivity contribution in [1.82, 2.24) is 0 Å². The third-order valence-corrected chi connectivity index (χ3v) is 5.02. The summed E-state index contributed by atoms with van der Waals surface area (Å²) >= 11 is 9.82. The van der Waals surface area contributed by atoms with Gasteiger partial charge in [0.25, 0.3) is 5.91 Å². The summed E-state index contributed by atoms with van der Waals surface area (Å²) in [6.45, 7) is 2.09. The molecule has 3 rings (SSSR count). The highest BCUT2D eigenvalue weighted by Gasteiger charge is 2.15. The lowest BCUT2D eigenvalue weighted by molar-refractivity contribution is 0.102. The van der Waals surface area contributed by atoms with Crippen LogP contribution >= 0.6 is 27.5 Å². The van der Waals surface area contributed by atoms with Gasteiger partial charge in [-0.25, -0.2) is 0 Å². The molecule has 0 aliphatic carbocycles. The highest BCUT2D eigenvalue weighted by Crippen LogP contribution is 2.31. The summed E-state index contributed by atoms with van der Waals surface area (Å²) in [6, 6.07) is 13.1. The van der Waals surface area contributed by atoms with E-state index in [1.165, 1.54) is 19.3 Å². The van der Waals surface area contributed by atoms with E-state index in [0.717, 1.165) is 23.2 Å². The molecule has 1 saturated heterocycles. The van der Waals surface area contributed by atoms with Gasteiger partial charge in [-0.15, -0.1) is 0 Å². The van der Waals surface area contributed by atoms with E-state index in [1.807, 2.05) is 36.4 Å². The third kappa shape index (κ3) is 3.88. The van der Waals surface area contributed by atoms with E-state index in [0.29, 0.717) is 16.3 Å². The van der Waals surface area contributed by atoms with E-state index in [4.69, 9.17) is 11.6 Å². The molecule has 1 heterocycles. The van der Waals surface area contributed by atoms with E-state index in [1.54, 1.807) is 6.07 Å². The van der Waals surface area contributed by atoms with Gasteiger partial charge in [-0.1, -0.05) is 23.7 Å². The van der Waals surface area contributed by atoms with Gasteiger partial charge in [0.1, 0.15) is 0 Å². The molecule has 2 aromatic carbocycles. The molecule has 0 aromatic heterocycles. The van der Waals surface area contributed by atoms with Gasteiger partial charge in [0.05, 0.1) is 16.3 Å². The highest BCUT2D eigenvalue weighted by atomic mass is 79.9. The molecular formula is C18H18BrClN2O. The summed E-state index contributed by atoms with van der Waals surface area (Å²) < 4.78 is 0.772. The Morgan fingerprint density at radius 1 is 1.09 bits per heavy atom. The first-order valence-electron chi connectivity index (χ1n) is 7.75. The smallest absolute Gasteiger partial charge is 0.256 e. The van der Waals surface area contributed by atoms with Crippen LogP contribution in [0, 0.1) is 0 Å².